The van der Waals surface area contributed by atoms with Crippen LogP contribution in [-0.2, 0) is 6.54 Å². The molecule has 4 aromatic rings. The van der Waals surface area contributed by atoms with Crippen LogP contribution >= 0.6 is 0 Å². The van der Waals surface area contributed by atoms with Crippen LogP contribution in [0.3, 0.4) is 0 Å². The van der Waals surface area contributed by atoms with E-state index in [0.29, 0.717) is 5.56 Å². The van der Waals surface area contributed by atoms with Gasteiger partial charge in [-0.25, -0.2) is 5.43 Å². The Morgan fingerprint density at radius 2 is 1.74 bits per heavy atom. The molecule has 0 radical (unpaired) electrons. The summed E-state index contributed by atoms with van der Waals surface area (Å²) >= 11 is 0. The molecule has 0 unspecified atom stereocenters. The van der Waals surface area contributed by atoms with Crippen molar-refractivity contribution in [3.63, 3.8) is 0 Å². The molecule has 0 saturated carbocycles. The second kappa shape index (κ2) is 7.08. The maximum Gasteiger partial charge on any atom is 0.271 e. The minimum absolute atomic E-state index is 0.213. The average Bonchev–Trinajstić information content (AvgIpc) is 3.01. The fourth-order valence-corrected chi connectivity index (χ4v) is 3.43. The standard InChI is InChI=1S/C23H21N3O/c1-3-26-21-7-5-4-6-19(21)20-14-17(10-13-22(20)26)15-24-25-23(27)18-11-8-16(2)9-12-18/h4-15H,3H2,1-2H3,(H,25,27). The first-order valence-electron chi connectivity index (χ1n) is 9.08. The normalized spacial score (nSPS) is 11.5. The number of carbonyl (C=O) groups excluding carboxylic acids is 1. The number of carbonyl (C=O) groups is 1. The van der Waals surface area contributed by atoms with Crippen molar-refractivity contribution in [2.45, 2.75) is 20.4 Å². The van der Waals surface area contributed by atoms with Crippen molar-refractivity contribution < 1.29 is 4.79 Å². The quantitative estimate of drug-likeness (QED) is 0.411. The molecule has 0 fully saturated rings. The molecule has 4 rings (SSSR count). The highest BCUT2D eigenvalue weighted by Crippen LogP contribution is 2.29. The maximum absolute atomic E-state index is 12.1. The molecule has 0 bridgehead atoms. The third kappa shape index (κ3) is 3.22. The molecule has 0 aliphatic heterocycles. The number of para-hydroxylation sites is 1. The Hall–Kier alpha value is -3.40. The molecule has 27 heavy (non-hydrogen) atoms. The average molecular weight is 355 g/mol. The number of aromatic nitrogens is 1. The number of hydrazone groups is 1. The largest absolute Gasteiger partial charge is 0.341 e. The van der Waals surface area contributed by atoms with Crippen molar-refractivity contribution in [2.24, 2.45) is 5.10 Å². The van der Waals surface area contributed by atoms with Crippen LogP contribution in [0.1, 0.15) is 28.4 Å². The molecule has 1 heterocycles. The third-order valence-corrected chi connectivity index (χ3v) is 4.81. The summed E-state index contributed by atoms with van der Waals surface area (Å²) in [4.78, 5) is 12.1. The lowest BCUT2D eigenvalue weighted by atomic mass is 10.1. The van der Waals surface area contributed by atoms with Crippen molar-refractivity contribution in [1.29, 1.82) is 0 Å². The Morgan fingerprint density at radius 3 is 2.52 bits per heavy atom. The van der Waals surface area contributed by atoms with Gasteiger partial charge in [0.2, 0.25) is 0 Å². The molecule has 0 aliphatic carbocycles. The van der Waals surface area contributed by atoms with Crippen LogP contribution in [0.25, 0.3) is 21.8 Å². The molecule has 4 heteroatoms. The topological polar surface area (TPSA) is 46.4 Å². The smallest absolute Gasteiger partial charge is 0.271 e. The molecule has 4 nitrogen and oxygen atoms in total. The number of benzene rings is 3. The Balaban J connectivity index is 1.61. The SMILES string of the molecule is CCn1c2ccccc2c2cc(C=NNC(=O)c3ccc(C)cc3)ccc21. The summed E-state index contributed by atoms with van der Waals surface area (Å²) in [6.45, 7) is 5.07. The predicted molar refractivity (Wildman–Crippen MR) is 111 cm³/mol. The van der Waals surface area contributed by atoms with Gasteiger partial charge in [-0.1, -0.05) is 42.0 Å². The fourth-order valence-electron chi connectivity index (χ4n) is 3.43. The number of rotatable bonds is 4. The number of hydrogen-bond donors (Lipinski definition) is 1. The van der Waals surface area contributed by atoms with Crippen LogP contribution in [0.4, 0.5) is 0 Å². The van der Waals surface area contributed by atoms with Gasteiger partial charge in [0, 0.05) is 33.9 Å². The van der Waals surface area contributed by atoms with Crippen molar-refractivity contribution in [2.75, 3.05) is 0 Å². The summed E-state index contributed by atoms with van der Waals surface area (Å²) in [5, 5.41) is 6.55. The van der Waals surface area contributed by atoms with Gasteiger partial charge >= 0.3 is 0 Å². The Kier molecular flexibility index (Phi) is 4.47. The lowest BCUT2D eigenvalue weighted by molar-refractivity contribution is 0.0955. The molecule has 0 spiro atoms. The van der Waals surface area contributed by atoms with E-state index in [1.165, 1.54) is 21.8 Å². The summed E-state index contributed by atoms with van der Waals surface area (Å²) in [7, 11) is 0. The van der Waals surface area contributed by atoms with E-state index in [-0.39, 0.29) is 5.91 Å². The van der Waals surface area contributed by atoms with E-state index < -0.39 is 0 Å². The highest BCUT2D eigenvalue weighted by molar-refractivity contribution is 6.09. The Bertz CT molecular complexity index is 1150. The van der Waals surface area contributed by atoms with E-state index in [0.717, 1.165) is 17.7 Å². The van der Waals surface area contributed by atoms with Crippen molar-refractivity contribution in [3.05, 3.63) is 83.4 Å². The van der Waals surface area contributed by atoms with Crippen LogP contribution in [-0.4, -0.2) is 16.7 Å². The highest BCUT2D eigenvalue weighted by Gasteiger charge is 2.09. The predicted octanol–water partition coefficient (Wildman–Crippen LogP) is 4.89. The van der Waals surface area contributed by atoms with Crippen molar-refractivity contribution in [1.82, 2.24) is 9.99 Å². The minimum atomic E-state index is -0.213. The first-order valence-corrected chi connectivity index (χ1v) is 9.08. The van der Waals surface area contributed by atoms with E-state index in [1.54, 1.807) is 18.3 Å². The Labute approximate surface area is 158 Å². The molecular formula is C23H21N3O. The third-order valence-electron chi connectivity index (χ3n) is 4.81. The summed E-state index contributed by atoms with van der Waals surface area (Å²) in [6, 6.07) is 22.1. The zero-order chi connectivity index (χ0) is 18.8. The van der Waals surface area contributed by atoms with Gasteiger partial charge in [0.25, 0.3) is 5.91 Å². The highest BCUT2D eigenvalue weighted by atomic mass is 16.2. The van der Waals surface area contributed by atoms with Crippen LogP contribution in [0.15, 0.2) is 71.8 Å². The number of amides is 1. The zero-order valence-corrected chi connectivity index (χ0v) is 15.4. The molecule has 0 saturated heterocycles. The van der Waals surface area contributed by atoms with Gasteiger partial charge in [-0.2, -0.15) is 5.10 Å². The summed E-state index contributed by atoms with van der Waals surface area (Å²) in [5.74, 6) is -0.213. The first-order chi connectivity index (χ1) is 13.2. The Morgan fingerprint density at radius 1 is 1.00 bits per heavy atom. The number of fused-ring (bicyclic) bond motifs is 3. The monoisotopic (exact) mass is 355 g/mol. The van der Waals surface area contributed by atoms with Crippen LogP contribution in [0, 0.1) is 6.92 Å². The zero-order valence-electron chi connectivity index (χ0n) is 15.4. The summed E-state index contributed by atoms with van der Waals surface area (Å²) < 4.78 is 2.31. The van der Waals surface area contributed by atoms with Crippen molar-refractivity contribution in [3.8, 4) is 0 Å². The molecule has 0 aliphatic rings. The molecule has 1 N–H and O–H groups in total. The molecule has 0 atom stereocenters. The van der Waals surface area contributed by atoms with E-state index >= 15 is 0 Å². The van der Waals surface area contributed by atoms with Gasteiger partial charge in [0.05, 0.1) is 6.21 Å². The minimum Gasteiger partial charge on any atom is -0.341 e. The van der Waals surface area contributed by atoms with Gasteiger partial charge in [-0.05, 0) is 49.7 Å². The fraction of sp³-hybridized carbons (Fsp3) is 0.130. The van der Waals surface area contributed by atoms with Crippen LogP contribution < -0.4 is 5.43 Å². The molecule has 1 amide bonds. The second-order valence-corrected chi connectivity index (χ2v) is 6.60. The van der Waals surface area contributed by atoms with Gasteiger partial charge in [-0.15, -0.1) is 0 Å². The van der Waals surface area contributed by atoms with Crippen molar-refractivity contribution >= 4 is 33.9 Å². The number of nitrogens with zero attached hydrogens (tertiary/aromatic N) is 2. The first kappa shape index (κ1) is 17.0. The van der Waals surface area contributed by atoms with E-state index in [9.17, 15) is 4.79 Å². The molecule has 3 aromatic carbocycles. The van der Waals surface area contributed by atoms with E-state index in [2.05, 4.69) is 58.4 Å². The van der Waals surface area contributed by atoms with Crippen LogP contribution in [0.2, 0.25) is 0 Å². The van der Waals surface area contributed by atoms with E-state index in [4.69, 9.17) is 0 Å². The van der Waals surface area contributed by atoms with Gasteiger partial charge in [-0.3, -0.25) is 4.79 Å². The maximum atomic E-state index is 12.1. The summed E-state index contributed by atoms with van der Waals surface area (Å²) in [6.07, 6.45) is 1.68. The number of aryl methyl sites for hydroxylation is 2. The van der Waals surface area contributed by atoms with E-state index in [1.807, 2.05) is 25.1 Å². The molecule has 1 aromatic heterocycles. The van der Waals surface area contributed by atoms with Gasteiger partial charge < -0.3 is 4.57 Å². The van der Waals surface area contributed by atoms with Crippen LogP contribution in [0.5, 0.6) is 0 Å². The van der Waals surface area contributed by atoms with Gasteiger partial charge in [0.1, 0.15) is 0 Å². The summed E-state index contributed by atoms with van der Waals surface area (Å²) in [5.41, 5.74) is 7.70. The van der Waals surface area contributed by atoms with Gasteiger partial charge in [0.15, 0.2) is 0 Å². The molecular weight excluding hydrogens is 334 g/mol. The lowest BCUT2D eigenvalue weighted by Crippen LogP contribution is -2.17. The lowest BCUT2D eigenvalue weighted by Gasteiger charge is -2.03. The molecule has 134 valence electrons. The number of hydrogen-bond acceptors (Lipinski definition) is 2. The number of nitrogens with one attached hydrogen (secondary N) is 1. The second-order valence-electron chi connectivity index (χ2n) is 6.60.